The lowest BCUT2D eigenvalue weighted by molar-refractivity contribution is -0.133. The zero-order valence-electron chi connectivity index (χ0n) is 26.8. The summed E-state index contributed by atoms with van der Waals surface area (Å²) < 4.78 is 43.8. The van der Waals surface area contributed by atoms with Gasteiger partial charge < -0.3 is 24.8 Å². The number of anilines is 4. The summed E-state index contributed by atoms with van der Waals surface area (Å²) in [6, 6.07) is 5.88. The van der Waals surface area contributed by atoms with E-state index in [1.807, 2.05) is 22.1 Å². The molecule has 0 radical (unpaired) electrons. The second-order valence-corrected chi connectivity index (χ2v) is 15.1. The molecule has 1 N–H and O–H groups in total. The number of methoxy groups -OCH3 is 1. The van der Waals surface area contributed by atoms with E-state index in [0.29, 0.717) is 50.2 Å². The highest BCUT2D eigenvalue weighted by Gasteiger charge is 2.37. The van der Waals surface area contributed by atoms with Gasteiger partial charge in [-0.25, -0.2) is 22.8 Å². The van der Waals surface area contributed by atoms with Gasteiger partial charge in [-0.1, -0.05) is 20.4 Å². The highest BCUT2D eigenvalue weighted by atomic mass is 32.2. The number of hydrogen-bond acceptors (Lipinski definition) is 10. The molecule has 3 aliphatic heterocycles. The number of carbonyl (C=O) groups excluding carboxylic acids is 1. The number of ether oxygens (including phenoxy) is 1. The molecule has 0 unspecified atom stereocenters. The summed E-state index contributed by atoms with van der Waals surface area (Å²) in [6.07, 6.45) is 6.00. The van der Waals surface area contributed by atoms with E-state index in [9.17, 15) is 17.6 Å². The van der Waals surface area contributed by atoms with Crippen molar-refractivity contribution in [1.29, 1.82) is 0 Å². The highest BCUT2D eigenvalue weighted by molar-refractivity contribution is 7.90. The maximum absolute atomic E-state index is 14.6. The number of halogens is 1. The van der Waals surface area contributed by atoms with E-state index in [0.717, 1.165) is 34.0 Å². The van der Waals surface area contributed by atoms with Gasteiger partial charge >= 0.3 is 0 Å². The SMILES string of the molecule is C=CC(=O)N1CC[C@@H]1c1cc(N2CC(CS(C)(=O)=O)C2)c2cnc(Nc3ccnc(N4CC[C@@H](OC)[C@@H](F)C4)n3)cc2c1C(C)C. The van der Waals surface area contributed by atoms with Crippen molar-refractivity contribution in [1.82, 2.24) is 19.9 Å². The minimum absolute atomic E-state index is 0.0645. The predicted molar refractivity (Wildman–Crippen MR) is 178 cm³/mol. The van der Waals surface area contributed by atoms with Crippen LogP contribution in [-0.2, 0) is 19.4 Å². The van der Waals surface area contributed by atoms with E-state index in [-0.39, 0.29) is 36.1 Å². The van der Waals surface area contributed by atoms with Crippen LogP contribution < -0.4 is 15.1 Å². The van der Waals surface area contributed by atoms with E-state index in [2.05, 4.69) is 46.7 Å². The molecule has 6 rings (SSSR count). The molecule has 0 bridgehead atoms. The maximum Gasteiger partial charge on any atom is 0.246 e. The first kappa shape index (κ1) is 32.1. The number of carbonyl (C=O) groups is 1. The molecule has 0 aliphatic carbocycles. The normalized spacial score (nSPS) is 22.1. The van der Waals surface area contributed by atoms with Gasteiger partial charge in [0.2, 0.25) is 11.9 Å². The van der Waals surface area contributed by atoms with Crippen molar-refractivity contribution in [3.63, 3.8) is 0 Å². The monoisotopic (exact) mass is 651 g/mol. The number of hydrogen-bond donors (Lipinski definition) is 1. The number of aromatic nitrogens is 3. The van der Waals surface area contributed by atoms with Gasteiger partial charge in [-0.3, -0.25) is 4.79 Å². The fourth-order valence-corrected chi connectivity index (χ4v) is 8.08. The third-order valence-electron chi connectivity index (χ3n) is 9.29. The number of piperidine rings is 1. The number of likely N-dealkylation sites (tertiary alicyclic amines) is 1. The molecule has 3 aliphatic rings. The Morgan fingerprint density at radius 1 is 1.13 bits per heavy atom. The smallest absolute Gasteiger partial charge is 0.246 e. The van der Waals surface area contributed by atoms with Crippen molar-refractivity contribution in [3.8, 4) is 0 Å². The van der Waals surface area contributed by atoms with Gasteiger partial charge in [0.25, 0.3) is 0 Å². The first-order valence-electron chi connectivity index (χ1n) is 15.8. The van der Waals surface area contributed by atoms with Crippen LogP contribution in [-0.4, -0.2) is 98.3 Å². The lowest BCUT2D eigenvalue weighted by atomic mass is 9.82. The number of alkyl halides is 1. The molecule has 1 amide bonds. The number of rotatable bonds is 10. The molecule has 3 aromatic rings. The van der Waals surface area contributed by atoms with Crippen LogP contribution in [0.2, 0.25) is 0 Å². The predicted octanol–water partition coefficient (Wildman–Crippen LogP) is 4.40. The van der Waals surface area contributed by atoms with Gasteiger partial charge in [-0.05, 0) is 59.5 Å². The second kappa shape index (κ2) is 12.7. The lowest BCUT2D eigenvalue weighted by Crippen LogP contribution is -2.50. The third kappa shape index (κ3) is 6.39. The molecule has 11 nitrogen and oxygen atoms in total. The fourth-order valence-electron chi connectivity index (χ4n) is 7.01. The van der Waals surface area contributed by atoms with Gasteiger partial charge in [0.15, 0.2) is 0 Å². The third-order valence-corrected chi connectivity index (χ3v) is 10.4. The molecule has 2 aromatic heterocycles. The quantitative estimate of drug-likeness (QED) is 0.316. The topological polar surface area (TPSA) is 121 Å². The summed E-state index contributed by atoms with van der Waals surface area (Å²) in [5, 5.41) is 5.31. The van der Waals surface area contributed by atoms with E-state index < -0.39 is 22.1 Å². The molecule has 46 heavy (non-hydrogen) atoms. The van der Waals surface area contributed by atoms with E-state index in [1.165, 1.54) is 19.4 Å². The molecule has 246 valence electrons. The van der Waals surface area contributed by atoms with Gasteiger partial charge in [0.1, 0.15) is 27.6 Å². The Balaban J connectivity index is 1.36. The molecule has 3 fully saturated rings. The minimum Gasteiger partial charge on any atom is -0.378 e. The number of benzene rings is 1. The van der Waals surface area contributed by atoms with E-state index in [1.54, 1.807) is 12.3 Å². The van der Waals surface area contributed by atoms with Crippen molar-refractivity contribution < 1.29 is 22.3 Å². The van der Waals surface area contributed by atoms with Crippen LogP contribution in [0.3, 0.4) is 0 Å². The maximum atomic E-state index is 14.6. The summed E-state index contributed by atoms with van der Waals surface area (Å²) in [5.41, 5.74) is 3.22. The minimum atomic E-state index is -3.08. The van der Waals surface area contributed by atoms with Crippen LogP contribution in [0.15, 0.2) is 43.2 Å². The van der Waals surface area contributed by atoms with Crippen molar-refractivity contribution in [2.45, 2.75) is 50.9 Å². The summed E-state index contributed by atoms with van der Waals surface area (Å²) in [7, 11) is -1.55. The van der Waals surface area contributed by atoms with Crippen LogP contribution in [0.5, 0.6) is 0 Å². The van der Waals surface area contributed by atoms with Crippen molar-refractivity contribution in [3.05, 3.63) is 54.4 Å². The molecule has 3 atom stereocenters. The molecule has 1 aromatic carbocycles. The van der Waals surface area contributed by atoms with E-state index in [4.69, 9.17) is 9.72 Å². The number of amides is 1. The van der Waals surface area contributed by atoms with E-state index >= 15 is 0 Å². The lowest BCUT2D eigenvalue weighted by Gasteiger charge is -2.45. The van der Waals surface area contributed by atoms with Crippen molar-refractivity contribution in [2.24, 2.45) is 5.92 Å². The second-order valence-electron chi connectivity index (χ2n) is 13.0. The summed E-state index contributed by atoms with van der Waals surface area (Å²) >= 11 is 0. The van der Waals surface area contributed by atoms with Crippen LogP contribution in [0.4, 0.5) is 27.7 Å². The average Bonchev–Trinajstić information content (AvgIpc) is 2.97. The number of pyridine rings is 1. The highest BCUT2D eigenvalue weighted by Crippen LogP contribution is 2.45. The van der Waals surface area contributed by atoms with Gasteiger partial charge in [0.05, 0.1) is 24.4 Å². The number of fused-ring (bicyclic) bond motifs is 1. The summed E-state index contributed by atoms with van der Waals surface area (Å²) in [5.74, 6) is 1.85. The zero-order chi connectivity index (χ0) is 32.7. The van der Waals surface area contributed by atoms with Crippen LogP contribution in [0.1, 0.15) is 49.8 Å². The summed E-state index contributed by atoms with van der Waals surface area (Å²) in [6.45, 7) is 10.7. The molecule has 0 spiro atoms. The fraction of sp³-hybridized carbons (Fsp3) is 0.515. The molecular formula is C33H42FN7O4S. The van der Waals surface area contributed by atoms with Crippen molar-refractivity contribution in [2.75, 3.05) is 67.0 Å². The molecule has 13 heteroatoms. The first-order chi connectivity index (χ1) is 22.0. The largest absolute Gasteiger partial charge is 0.378 e. The average molecular weight is 652 g/mol. The number of nitrogens with one attached hydrogen (secondary N) is 1. The Morgan fingerprint density at radius 3 is 2.54 bits per heavy atom. The first-order valence-corrected chi connectivity index (χ1v) is 17.9. The molecular weight excluding hydrogens is 609 g/mol. The van der Waals surface area contributed by atoms with Crippen molar-refractivity contribution >= 4 is 49.8 Å². The van der Waals surface area contributed by atoms with Gasteiger partial charge in [0, 0.05) is 68.9 Å². The van der Waals surface area contributed by atoms with Gasteiger partial charge in [-0.15, -0.1) is 0 Å². The Hall–Kier alpha value is -3.84. The van der Waals surface area contributed by atoms with Gasteiger partial charge in [-0.2, -0.15) is 4.98 Å². The number of nitrogens with zero attached hydrogens (tertiary/aromatic N) is 6. The summed E-state index contributed by atoms with van der Waals surface area (Å²) in [4.78, 5) is 32.4. The molecule has 3 saturated heterocycles. The Kier molecular flexibility index (Phi) is 8.90. The van der Waals surface area contributed by atoms with Crippen LogP contribution in [0, 0.1) is 5.92 Å². The molecule has 0 saturated carbocycles. The zero-order valence-corrected chi connectivity index (χ0v) is 27.6. The Morgan fingerprint density at radius 2 is 1.91 bits per heavy atom. The molecule has 5 heterocycles. The Bertz CT molecular complexity index is 1750. The van der Waals surface area contributed by atoms with Crippen LogP contribution in [0.25, 0.3) is 10.8 Å². The number of sulfone groups is 1. The Labute approximate surface area is 269 Å². The van der Waals surface area contributed by atoms with Crippen LogP contribution >= 0.6 is 0 Å². The standard InChI is InChI=1S/C33H42FN7O4S/c1-6-31(42)41-12-8-26(41)23-13-27(40-16-21(17-40)19-46(5,43)44)24-15-36-30(14-22(24)32(23)20(2)3)37-29-7-10-35-33(38-29)39-11-9-28(45-4)25(34)18-39/h6-7,10,13-15,20-21,25-26,28H,1,8-9,11-12,16-19H2,2-5H3,(H,35,36,37,38)/t25-,26+,28+/m0/s1.